The number of piperazine rings is 1. The molecule has 0 aromatic rings. The minimum absolute atomic E-state index is 0.112. The SMILES string of the molecule is CCOC(=O)N1CCN(CC(=O)NC2CCCC(C)C2C)CC1. The van der Waals surface area contributed by atoms with Gasteiger partial charge in [-0.1, -0.05) is 26.7 Å². The summed E-state index contributed by atoms with van der Waals surface area (Å²) in [5.74, 6) is 1.34. The van der Waals surface area contributed by atoms with Crippen LogP contribution in [-0.2, 0) is 9.53 Å². The van der Waals surface area contributed by atoms with E-state index < -0.39 is 0 Å². The van der Waals surface area contributed by atoms with E-state index in [2.05, 4.69) is 24.1 Å². The molecule has 0 spiro atoms. The minimum atomic E-state index is -0.249. The number of amides is 2. The average Bonchev–Trinajstić information content (AvgIpc) is 2.53. The van der Waals surface area contributed by atoms with Crippen LogP contribution in [0.3, 0.4) is 0 Å². The molecule has 2 rings (SSSR count). The van der Waals surface area contributed by atoms with Crippen molar-refractivity contribution in [1.82, 2.24) is 15.1 Å². The van der Waals surface area contributed by atoms with E-state index in [-0.39, 0.29) is 12.0 Å². The topological polar surface area (TPSA) is 61.9 Å². The second-order valence-corrected chi connectivity index (χ2v) is 6.90. The summed E-state index contributed by atoms with van der Waals surface area (Å²) in [7, 11) is 0. The molecule has 1 aliphatic carbocycles. The van der Waals surface area contributed by atoms with Gasteiger partial charge in [-0.25, -0.2) is 4.79 Å². The third-order valence-corrected chi connectivity index (χ3v) is 5.32. The van der Waals surface area contributed by atoms with Gasteiger partial charge < -0.3 is 15.0 Å². The second-order valence-electron chi connectivity index (χ2n) is 6.90. The molecule has 0 radical (unpaired) electrons. The van der Waals surface area contributed by atoms with Gasteiger partial charge in [-0.2, -0.15) is 0 Å². The van der Waals surface area contributed by atoms with Gasteiger partial charge in [-0.15, -0.1) is 0 Å². The van der Waals surface area contributed by atoms with E-state index >= 15 is 0 Å². The molecule has 2 aliphatic rings. The van der Waals surface area contributed by atoms with Crippen LogP contribution in [0.15, 0.2) is 0 Å². The lowest BCUT2D eigenvalue weighted by atomic mass is 9.78. The van der Waals surface area contributed by atoms with Crippen molar-refractivity contribution in [2.75, 3.05) is 39.3 Å². The predicted molar refractivity (Wildman–Crippen MR) is 89.1 cm³/mol. The first-order valence-electron chi connectivity index (χ1n) is 8.94. The van der Waals surface area contributed by atoms with Crippen LogP contribution in [0.5, 0.6) is 0 Å². The maximum absolute atomic E-state index is 12.3. The summed E-state index contributed by atoms with van der Waals surface area (Å²) in [5.41, 5.74) is 0. The molecule has 3 unspecified atom stereocenters. The molecule has 0 aromatic carbocycles. The van der Waals surface area contributed by atoms with Crippen molar-refractivity contribution in [3.8, 4) is 0 Å². The summed E-state index contributed by atoms with van der Waals surface area (Å²) >= 11 is 0. The lowest BCUT2D eigenvalue weighted by molar-refractivity contribution is -0.124. The molecule has 1 saturated carbocycles. The summed E-state index contributed by atoms with van der Waals surface area (Å²) < 4.78 is 5.01. The van der Waals surface area contributed by atoms with E-state index in [0.29, 0.717) is 44.1 Å². The zero-order valence-corrected chi connectivity index (χ0v) is 14.7. The minimum Gasteiger partial charge on any atom is -0.450 e. The van der Waals surface area contributed by atoms with Crippen molar-refractivity contribution in [2.24, 2.45) is 11.8 Å². The molecule has 23 heavy (non-hydrogen) atoms. The Balaban J connectivity index is 1.71. The maximum Gasteiger partial charge on any atom is 0.409 e. The first-order chi connectivity index (χ1) is 11.0. The van der Waals surface area contributed by atoms with Crippen LogP contribution in [0, 0.1) is 11.8 Å². The Hall–Kier alpha value is -1.30. The van der Waals surface area contributed by atoms with Crippen molar-refractivity contribution in [2.45, 2.75) is 46.1 Å². The monoisotopic (exact) mass is 325 g/mol. The van der Waals surface area contributed by atoms with Gasteiger partial charge in [0.1, 0.15) is 0 Å². The van der Waals surface area contributed by atoms with E-state index in [4.69, 9.17) is 4.74 Å². The van der Waals surface area contributed by atoms with Gasteiger partial charge in [0.15, 0.2) is 0 Å². The van der Waals surface area contributed by atoms with Crippen molar-refractivity contribution in [3.05, 3.63) is 0 Å². The molecule has 2 amide bonds. The van der Waals surface area contributed by atoms with Gasteiger partial charge >= 0.3 is 6.09 Å². The summed E-state index contributed by atoms with van der Waals surface area (Å²) in [6, 6.07) is 0.312. The van der Waals surface area contributed by atoms with Gasteiger partial charge in [-0.05, 0) is 25.2 Å². The Morgan fingerprint density at radius 3 is 2.48 bits per heavy atom. The van der Waals surface area contributed by atoms with Gasteiger partial charge in [0, 0.05) is 32.2 Å². The molecule has 2 fully saturated rings. The maximum atomic E-state index is 12.3. The molecule has 1 aliphatic heterocycles. The van der Waals surface area contributed by atoms with Crippen molar-refractivity contribution < 1.29 is 14.3 Å². The molecule has 1 N–H and O–H groups in total. The fraction of sp³-hybridized carbons (Fsp3) is 0.882. The predicted octanol–water partition coefficient (Wildman–Crippen LogP) is 1.70. The number of nitrogens with one attached hydrogen (secondary N) is 1. The quantitative estimate of drug-likeness (QED) is 0.854. The van der Waals surface area contributed by atoms with Crippen molar-refractivity contribution in [1.29, 1.82) is 0 Å². The highest BCUT2D eigenvalue weighted by molar-refractivity contribution is 5.78. The third-order valence-electron chi connectivity index (χ3n) is 5.32. The fourth-order valence-electron chi connectivity index (χ4n) is 3.54. The van der Waals surface area contributed by atoms with Crippen LogP contribution in [0.4, 0.5) is 4.79 Å². The molecule has 3 atom stereocenters. The van der Waals surface area contributed by atoms with E-state index in [0.717, 1.165) is 19.5 Å². The largest absolute Gasteiger partial charge is 0.450 e. The molecular formula is C17H31N3O3. The third kappa shape index (κ3) is 5.09. The molecule has 0 aromatic heterocycles. The first-order valence-corrected chi connectivity index (χ1v) is 8.94. The Labute approximate surface area is 139 Å². The van der Waals surface area contributed by atoms with E-state index in [1.165, 1.54) is 12.8 Å². The number of hydrogen-bond donors (Lipinski definition) is 1. The second kappa shape index (κ2) is 8.52. The van der Waals surface area contributed by atoms with E-state index in [1.54, 1.807) is 4.90 Å². The highest BCUT2D eigenvalue weighted by Crippen LogP contribution is 2.29. The van der Waals surface area contributed by atoms with E-state index in [1.807, 2.05) is 6.92 Å². The van der Waals surface area contributed by atoms with E-state index in [9.17, 15) is 9.59 Å². The van der Waals surface area contributed by atoms with Crippen LogP contribution in [0.2, 0.25) is 0 Å². The molecule has 1 saturated heterocycles. The van der Waals surface area contributed by atoms with Crippen LogP contribution in [0.25, 0.3) is 0 Å². The number of carbonyl (C=O) groups is 2. The highest BCUT2D eigenvalue weighted by Gasteiger charge is 2.29. The Morgan fingerprint density at radius 1 is 1.13 bits per heavy atom. The normalized spacial score (nSPS) is 29.2. The summed E-state index contributed by atoms with van der Waals surface area (Å²) in [5, 5.41) is 3.21. The van der Waals surface area contributed by atoms with Crippen molar-refractivity contribution in [3.63, 3.8) is 0 Å². The Kier molecular flexibility index (Phi) is 6.69. The number of rotatable bonds is 4. The van der Waals surface area contributed by atoms with Gasteiger partial charge in [0.05, 0.1) is 13.2 Å². The summed E-state index contributed by atoms with van der Waals surface area (Å²) in [6.07, 6.45) is 3.31. The lowest BCUT2D eigenvalue weighted by Gasteiger charge is -2.36. The number of ether oxygens (including phenoxy) is 1. The highest BCUT2D eigenvalue weighted by atomic mass is 16.6. The lowest BCUT2D eigenvalue weighted by Crippen LogP contribution is -2.53. The number of nitrogens with zero attached hydrogens (tertiary/aromatic N) is 2. The number of hydrogen-bond acceptors (Lipinski definition) is 4. The van der Waals surface area contributed by atoms with Gasteiger partial charge in [0.2, 0.25) is 5.91 Å². The zero-order chi connectivity index (χ0) is 16.8. The van der Waals surface area contributed by atoms with Crippen LogP contribution < -0.4 is 5.32 Å². The zero-order valence-electron chi connectivity index (χ0n) is 14.7. The molecule has 0 bridgehead atoms. The first kappa shape index (κ1) is 18.0. The van der Waals surface area contributed by atoms with Crippen molar-refractivity contribution >= 4 is 12.0 Å². The van der Waals surface area contributed by atoms with Crippen LogP contribution >= 0.6 is 0 Å². The smallest absolute Gasteiger partial charge is 0.409 e. The van der Waals surface area contributed by atoms with Gasteiger partial charge in [-0.3, -0.25) is 9.69 Å². The molecule has 6 heteroatoms. The summed E-state index contributed by atoms with van der Waals surface area (Å²) in [6.45, 7) is 9.86. The van der Waals surface area contributed by atoms with Crippen LogP contribution in [-0.4, -0.2) is 67.2 Å². The van der Waals surface area contributed by atoms with Gasteiger partial charge in [0.25, 0.3) is 0 Å². The molecule has 6 nitrogen and oxygen atoms in total. The molecule has 1 heterocycles. The standard InChI is InChI=1S/C17H31N3O3/c1-4-23-17(22)20-10-8-19(9-11-20)12-16(21)18-15-7-5-6-13(2)14(15)3/h13-15H,4-12H2,1-3H3,(H,18,21). The molecule has 132 valence electrons. The number of carbonyl (C=O) groups excluding carboxylic acids is 2. The Bertz CT molecular complexity index is 408. The van der Waals surface area contributed by atoms with Crippen LogP contribution in [0.1, 0.15) is 40.0 Å². The Morgan fingerprint density at radius 2 is 1.83 bits per heavy atom. The average molecular weight is 325 g/mol. The molecular weight excluding hydrogens is 294 g/mol. The fourth-order valence-corrected chi connectivity index (χ4v) is 3.54. The summed E-state index contributed by atoms with van der Waals surface area (Å²) in [4.78, 5) is 27.8.